The van der Waals surface area contributed by atoms with Crippen molar-refractivity contribution in [2.75, 3.05) is 26.2 Å². The van der Waals surface area contributed by atoms with Crippen LogP contribution < -0.4 is 10.1 Å². The van der Waals surface area contributed by atoms with Crippen LogP contribution in [0.5, 0.6) is 5.75 Å². The summed E-state index contributed by atoms with van der Waals surface area (Å²) in [5.74, 6) is 0.591. The lowest BCUT2D eigenvalue weighted by Gasteiger charge is -2.37. The molecular formula is C22H26N2O2. The molecule has 0 spiro atoms. The van der Waals surface area contributed by atoms with Crippen molar-refractivity contribution in [2.45, 2.75) is 19.4 Å². The van der Waals surface area contributed by atoms with Crippen molar-refractivity contribution >= 4 is 5.91 Å². The zero-order chi connectivity index (χ0) is 18.4. The van der Waals surface area contributed by atoms with Gasteiger partial charge in [-0.3, -0.25) is 9.69 Å². The van der Waals surface area contributed by atoms with Crippen molar-refractivity contribution in [2.24, 2.45) is 0 Å². The van der Waals surface area contributed by atoms with Gasteiger partial charge in [-0.2, -0.15) is 0 Å². The first kappa shape index (κ1) is 18.2. The van der Waals surface area contributed by atoms with Crippen LogP contribution in [0, 0.1) is 0 Å². The standard InChI is InChI=1S/C22H26N2O2/c1-3-13-23-21(25)16-26-19-11-10-17-12-14-24(4-2)22(20(17)15-19)18-8-6-5-7-9-18/h3,5-11,15,22H,1,4,12-14,16H2,2H3,(H,23,25)/t22-/m0/s1. The Morgan fingerprint density at radius 1 is 1.31 bits per heavy atom. The number of hydrogen-bond donors (Lipinski definition) is 1. The zero-order valence-corrected chi connectivity index (χ0v) is 15.3. The van der Waals surface area contributed by atoms with E-state index in [9.17, 15) is 4.79 Å². The molecule has 0 aliphatic carbocycles. The van der Waals surface area contributed by atoms with E-state index in [0.29, 0.717) is 6.54 Å². The number of ether oxygens (including phenoxy) is 1. The van der Waals surface area contributed by atoms with Crippen LogP contribution in [0.15, 0.2) is 61.2 Å². The summed E-state index contributed by atoms with van der Waals surface area (Å²) in [6.07, 6.45) is 2.69. The third kappa shape index (κ3) is 4.14. The van der Waals surface area contributed by atoms with Crippen molar-refractivity contribution in [3.8, 4) is 5.75 Å². The quantitative estimate of drug-likeness (QED) is 0.779. The van der Waals surface area contributed by atoms with Crippen LogP contribution in [-0.2, 0) is 11.2 Å². The van der Waals surface area contributed by atoms with Gasteiger partial charge in [-0.15, -0.1) is 6.58 Å². The Hall–Kier alpha value is -2.59. The second-order valence-corrected chi connectivity index (χ2v) is 6.43. The van der Waals surface area contributed by atoms with Crippen molar-refractivity contribution in [1.29, 1.82) is 0 Å². The lowest BCUT2D eigenvalue weighted by Crippen LogP contribution is -2.36. The Kier molecular flexibility index (Phi) is 6.08. The lowest BCUT2D eigenvalue weighted by molar-refractivity contribution is -0.122. The lowest BCUT2D eigenvalue weighted by atomic mass is 9.88. The SMILES string of the molecule is C=CCNC(=O)COc1ccc2c(c1)[C@H](c1ccccc1)N(CC)CC2. The summed E-state index contributed by atoms with van der Waals surface area (Å²) in [5, 5.41) is 2.73. The van der Waals surface area contributed by atoms with Gasteiger partial charge in [-0.05, 0) is 41.8 Å². The smallest absolute Gasteiger partial charge is 0.258 e. The summed E-state index contributed by atoms with van der Waals surface area (Å²) in [4.78, 5) is 14.2. The molecule has 0 aromatic heterocycles. The van der Waals surface area contributed by atoms with E-state index < -0.39 is 0 Å². The Balaban J connectivity index is 1.83. The molecular weight excluding hydrogens is 324 g/mol. The molecule has 1 aliphatic rings. The fourth-order valence-corrected chi connectivity index (χ4v) is 3.49. The van der Waals surface area contributed by atoms with Gasteiger partial charge in [0.05, 0.1) is 6.04 Å². The average molecular weight is 350 g/mol. The molecule has 4 nitrogen and oxygen atoms in total. The minimum absolute atomic E-state index is 0.0140. The number of nitrogens with zero attached hydrogens (tertiary/aromatic N) is 1. The molecule has 0 radical (unpaired) electrons. The zero-order valence-electron chi connectivity index (χ0n) is 15.3. The maximum atomic E-state index is 11.8. The van der Waals surface area contributed by atoms with Crippen molar-refractivity contribution < 1.29 is 9.53 Å². The molecule has 2 aromatic carbocycles. The van der Waals surface area contributed by atoms with E-state index in [-0.39, 0.29) is 18.6 Å². The van der Waals surface area contributed by atoms with Gasteiger partial charge in [0.15, 0.2) is 6.61 Å². The molecule has 0 bridgehead atoms. The molecule has 4 heteroatoms. The minimum atomic E-state index is -0.141. The van der Waals surface area contributed by atoms with Crippen molar-refractivity contribution in [3.63, 3.8) is 0 Å². The third-order valence-electron chi connectivity index (χ3n) is 4.78. The normalized spacial score (nSPS) is 16.6. The first-order valence-electron chi connectivity index (χ1n) is 9.15. The second kappa shape index (κ2) is 8.68. The molecule has 26 heavy (non-hydrogen) atoms. The van der Waals surface area contributed by atoms with E-state index in [1.54, 1.807) is 6.08 Å². The number of benzene rings is 2. The van der Waals surface area contributed by atoms with Crippen LogP contribution in [-0.4, -0.2) is 37.0 Å². The molecule has 3 rings (SSSR count). The predicted octanol–water partition coefficient (Wildman–Crippen LogP) is 3.34. The van der Waals surface area contributed by atoms with Crippen LogP contribution in [0.4, 0.5) is 0 Å². The summed E-state index contributed by atoms with van der Waals surface area (Å²) >= 11 is 0. The maximum absolute atomic E-state index is 11.8. The van der Waals surface area contributed by atoms with Crippen molar-refractivity contribution in [3.05, 3.63) is 77.9 Å². The molecule has 1 aliphatic heterocycles. The van der Waals surface area contributed by atoms with E-state index in [0.717, 1.165) is 25.3 Å². The van der Waals surface area contributed by atoms with Crippen LogP contribution in [0.3, 0.4) is 0 Å². The highest BCUT2D eigenvalue weighted by atomic mass is 16.5. The molecule has 1 N–H and O–H groups in total. The number of amides is 1. The first-order valence-corrected chi connectivity index (χ1v) is 9.15. The summed E-state index contributed by atoms with van der Waals surface area (Å²) in [6, 6.07) is 17.0. The number of nitrogens with one attached hydrogen (secondary N) is 1. The van der Waals surface area contributed by atoms with Gasteiger partial charge in [0.25, 0.3) is 5.91 Å². The molecule has 0 saturated heterocycles. The van der Waals surface area contributed by atoms with E-state index in [4.69, 9.17) is 4.74 Å². The van der Waals surface area contributed by atoms with Crippen LogP contribution in [0.25, 0.3) is 0 Å². The number of carbonyl (C=O) groups is 1. The largest absolute Gasteiger partial charge is 0.484 e. The molecule has 0 saturated carbocycles. The van der Waals surface area contributed by atoms with Gasteiger partial charge in [0.2, 0.25) is 0 Å². The summed E-state index contributed by atoms with van der Waals surface area (Å²) in [5.41, 5.74) is 3.91. The summed E-state index contributed by atoms with van der Waals surface area (Å²) < 4.78 is 5.72. The monoisotopic (exact) mass is 350 g/mol. The minimum Gasteiger partial charge on any atom is -0.484 e. The molecule has 0 fully saturated rings. The van der Waals surface area contributed by atoms with Gasteiger partial charge in [0.1, 0.15) is 5.75 Å². The Bertz CT molecular complexity index is 758. The molecule has 0 unspecified atom stereocenters. The number of hydrogen-bond acceptors (Lipinski definition) is 3. The molecule has 1 atom stereocenters. The van der Waals surface area contributed by atoms with Gasteiger partial charge in [0, 0.05) is 13.1 Å². The van der Waals surface area contributed by atoms with E-state index in [2.05, 4.69) is 60.1 Å². The topological polar surface area (TPSA) is 41.6 Å². The predicted molar refractivity (Wildman–Crippen MR) is 104 cm³/mol. The average Bonchev–Trinajstić information content (AvgIpc) is 2.70. The molecule has 1 amide bonds. The summed E-state index contributed by atoms with van der Waals surface area (Å²) in [6.45, 7) is 8.30. The fourth-order valence-electron chi connectivity index (χ4n) is 3.49. The van der Waals surface area contributed by atoms with E-state index >= 15 is 0 Å². The molecule has 2 aromatic rings. The number of rotatable bonds is 7. The van der Waals surface area contributed by atoms with Crippen LogP contribution in [0.1, 0.15) is 29.7 Å². The van der Waals surface area contributed by atoms with Gasteiger partial charge in [-0.25, -0.2) is 0 Å². The highest BCUT2D eigenvalue weighted by Gasteiger charge is 2.28. The van der Waals surface area contributed by atoms with E-state index in [1.165, 1.54) is 16.7 Å². The van der Waals surface area contributed by atoms with E-state index in [1.807, 2.05) is 12.1 Å². The molecule has 1 heterocycles. The molecule has 136 valence electrons. The highest BCUT2D eigenvalue weighted by molar-refractivity contribution is 5.77. The van der Waals surface area contributed by atoms with Crippen LogP contribution >= 0.6 is 0 Å². The third-order valence-corrected chi connectivity index (χ3v) is 4.78. The second-order valence-electron chi connectivity index (χ2n) is 6.43. The van der Waals surface area contributed by atoms with Gasteiger partial charge in [-0.1, -0.05) is 49.4 Å². The van der Waals surface area contributed by atoms with Crippen LogP contribution in [0.2, 0.25) is 0 Å². The number of likely N-dealkylation sites (N-methyl/N-ethyl adjacent to an activating group) is 1. The van der Waals surface area contributed by atoms with Crippen molar-refractivity contribution in [1.82, 2.24) is 10.2 Å². The Morgan fingerprint density at radius 3 is 2.85 bits per heavy atom. The fraction of sp³-hybridized carbons (Fsp3) is 0.318. The number of carbonyl (C=O) groups excluding carboxylic acids is 1. The first-order chi connectivity index (χ1) is 12.7. The maximum Gasteiger partial charge on any atom is 0.258 e. The van der Waals surface area contributed by atoms with Gasteiger partial charge >= 0.3 is 0 Å². The summed E-state index contributed by atoms with van der Waals surface area (Å²) in [7, 11) is 0. The highest BCUT2D eigenvalue weighted by Crippen LogP contribution is 2.36. The Morgan fingerprint density at radius 2 is 2.12 bits per heavy atom. The Labute approximate surface area is 155 Å². The number of fused-ring (bicyclic) bond motifs is 1. The van der Waals surface area contributed by atoms with Gasteiger partial charge < -0.3 is 10.1 Å².